The van der Waals surface area contributed by atoms with Gasteiger partial charge in [-0.05, 0) is 31.5 Å². The number of benzene rings is 1. The molecule has 2 rings (SSSR count). The third-order valence-electron chi connectivity index (χ3n) is 2.82. The van der Waals surface area contributed by atoms with Gasteiger partial charge in [0, 0.05) is 24.9 Å². The molecule has 0 saturated heterocycles. The van der Waals surface area contributed by atoms with Crippen molar-refractivity contribution in [3.63, 3.8) is 0 Å². The third kappa shape index (κ3) is 2.50. The van der Waals surface area contributed by atoms with E-state index in [1.165, 1.54) is 12.1 Å². The average molecular weight is 251 g/mol. The molecule has 1 heterocycles. The van der Waals surface area contributed by atoms with E-state index in [9.17, 15) is 8.78 Å². The summed E-state index contributed by atoms with van der Waals surface area (Å²) < 4.78 is 28.8. The second-order valence-corrected chi connectivity index (χ2v) is 4.36. The minimum absolute atomic E-state index is 0.295. The van der Waals surface area contributed by atoms with Crippen LogP contribution in [0.3, 0.4) is 0 Å². The molecule has 1 N–H and O–H groups in total. The molecule has 1 aromatic carbocycles. The number of nitrogens with zero attached hydrogens (tertiary/aromatic N) is 2. The van der Waals surface area contributed by atoms with Gasteiger partial charge in [0.05, 0.1) is 6.04 Å². The van der Waals surface area contributed by atoms with Crippen LogP contribution in [-0.2, 0) is 7.05 Å². The second-order valence-electron chi connectivity index (χ2n) is 4.36. The van der Waals surface area contributed by atoms with E-state index < -0.39 is 11.6 Å². The van der Waals surface area contributed by atoms with Crippen molar-refractivity contribution in [2.24, 2.45) is 7.05 Å². The number of aromatic nitrogens is 2. The Hall–Kier alpha value is -1.91. The molecule has 0 bridgehead atoms. The van der Waals surface area contributed by atoms with Crippen molar-refractivity contribution in [1.29, 1.82) is 0 Å². The number of halogens is 2. The summed E-state index contributed by atoms with van der Waals surface area (Å²) in [5.41, 5.74) is 0.602. The van der Waals surface area contributed by atoms with Crippen molar-refractivity contribution in [3.8, 4) is 0 Å². The molecule has 0 fully saturated rings. The van der Waals surface area contributed by atoms with Crippen LogP contribution in [-0.4, -0.2) is 9.78 Å². The van der Waals surface area contributed by atoms with Crippen LogP contribution in [0.5, 0.6) is 0 Å². The number of anilines is 1. The largest absolute Gasteiger partial charge is 0.362 e. The summed E-state index contributed by atoms with van der Waals surface area (Å²) in [5.74, 6) is -0.184. The van der Waals surface area contributed by atoms with Crippen LogP contribution < -0.4 is 5.32 Å². The summed E-state index contributed by atoms with van der Waals surface area (Å²) in [7, 11) is 1.79. The Labute approximate surface area is 104 Å². The monoisotopic (exact) mass is 251 g/mol. The number of hydrogen-bond acceptors (Lipinski definition) is 2. The Morgan fingerprint density at radius 2 is 2.00 bits per heavy atom. The average Bonchev–Trinajstić information content (AvgIpc) is 2.69. The first kappa shape index (κ1) is 12.5. The minimum Gasteiger partial charge on any atom is -0.362 e. The van der Waals surface area contributed by atoms with Gasteiger partial charge in [-0.1, -0.05) is 0 Å². The molecule has 0 aliphatic heterocycles. The van der Waals surface area contributed by atoms with E-state index >= 15 is 0 Å². The molecule has 0 saturated carbocycles. The van der Waals surface area contributed by atoms with E-state index in [1.807, 2.05) is 0 Å². The molecule has 5 heteroatoms. The first-order valence-electron chi connectivity index (χ1n) is 5.69. The van der Waals surface area contributed by atoms with Gasteiger partial charge in [-0.15, -0.1) is 0 Å². The molecule has 1 aromatic heterocycles. The van der Waals surface area contributed by atoms with Crippen molar-refractivity contribution in [2.75, 3.05) is 5.32 Å². The molecular weight excluding hydrogens is 236 g/mol. The van der Waals surface area contributed by atoms with Gasteiger partial charge in [0.25, 0.3) is 0 Å². The normalized spacial score (nSPS) is 12.5. The van der Waals surface area contributed by atoms with Crippen molar-refractivity contribution in [3.05, 3.63) is 47.2 Å². The lowest BCUT2D eigenvalue weighted by Gasteiger charge is -2.15. The van der Waals surface area contributed by atoms with Crippen LogP contribution >= 0.6 is 0 Å². The molecule has 18 heavy (non-hydrogen) atoms. The molecule has 0 aliphatic rings. The van der Waals surface area contributed by atoms with Crippen LogP contribution in [0.4, 0.5) is 14.6 Å². The summed E-state index contributed by atoms with van der Waals surface area (Å²) in [4.78, 5) is 0. The fourth-order valence-electron chi connectivity index (χ4n) is 1.79. The number of nitrogens with one attached hydrogen (secondary N) is 1. The van der Waals surface area contributed by atoms with E-state index in [0.29, 0.717) is 16.9 Å². The fraction of sp³-hybridized carbons (Fsp3) is 0.308. The predicted octanol–water partition coefficient (Wildman–Crippen LogP) is 3.18. The van der Waals surface area contributed by atoms with Crippen LogP contribution in [0.15, 0.2) is 24.4 Å². The highest BCUT2D eigenvalue weighted by Gasteiger charge is 2.14. The second kappa shape index (κ2) is 4.76. The summed E-state index contributed by atoms with van der Waals surface area (Å²) in [6.45, 7) is 3.31. The molecule has 0 spiro atoms. The molecule has 0 radical (unpaired) electrons. The van der Waals surface area contributed by atoms with Crippen LogP contribution in [0.25, 0.3) is 0 Å². The quantitative estimate of drug-likeness (QED) is 0.908. The topological polar surface area (TPSA) is 29.9 Å². The van der Waals surface area contributed by atoms with Gasteiger partial charge in [-0.2, -0.15) is 5.10 Å². The highest BCUT2D eigenvalue weighted by Crippen LogP contribution is 2.23. The van der Waals surface area contributed by atoms with Gasteiger partial charge in [-0.3, -0.25) is 4.68 Å². The SMILES string of the molecule is Cc1cc(F)c(C(C)Nc2ccn(C)n2)cc1F. The molecule has 1 unspecified atom stereocenters. The van der Waals surface area contributed by atoms with E-state index in [4.69, 9.17) is 0 Å². The summed E-state index contributed by atoms with van der Waals surface area (Å²) in [6.07, 6.45) is 1.78. The van der Waals surface area contributed by atoms with Crippen LogP contribution in [0, 0.1) is 18.6 Å². The van der Waals surface area contributed by atoms with Gasteiger partial charge < -0.3 is 5.32 Å². The Morgan fingerprint density at radius 3 is 2.61 bits per heavy atom. The Kier molecular flexibility index (Phi) is 3.32. The summed E-state index contributed by atoms with van der Waals surface area (Å²) in [6, 6.07) is 3.86. The Morgan fingerprint density at radius 1 is 1.28 bits per heavy atom. The molecule has 1 atom stereocenters. The first-order valence-corrected chi connectivity index (χ1v) is 5.69. The summed E-state index contributed by atoms with van der Waals surface area (Å²) >= 11 is 0. The predicted molar refractivity (Wildman–Crippen MR) is 66.3 cm³/mol. The molecule has 0 amide bonds. The first-order chi connectivity index (χ1) is 8.47. The van der Waals surface area contributed by atoms with Crippen molar-refractivity contribution >= 4 is 5.82 Å². The standard InChI is InChI=1S/C13H15F2N3/c1-8-6-12(15)10(7-11(8)14)9(2)16-13-4-5-18(3)17-13/h4-7,9H,1-3H3,(H,16,17). The van der Waals surface area contributed by atoms with Crippen molar-refractivity contribution in [2.45, 2.75) is 19.9 Å². The summed E-state index contributed by atoms with van der Waals surface area (Å²) in [5, 5.41) is 7.16. The number of hydrogen-bond donors (Lipinski definition) is 1. The molecule has 3 nitrogen and oxygen atoms in total. The molecule has 2 aromatic rings. The smallest absolute Gasteiger partial charge is 0.148 e. The Balaban J connectivity index is 2.23. The minimum atomic E-state index is -0.412. The Bertz CT molecular complexity index is 563. The molecule has 96 valence electrons. The van der Waals surface area contributed by atoms with Crippen LogP contribution in [0.1, 0.15) is 24.1 Å². The lowest BCUT2D eigenvalue weighted by Crippen LogP contribution is -2.10. The van der Waals surface area contributed by atoms with Gasteiger partial charge in [-0.25, -0.2) is 8.78 Å². The fourth-order valence-corrected chi connectivity index (χ4v) is 1.79. The lowest BCUT2D eigenvalue weighted by molar-refractivity contribution is 0.570. The van der Waals surface area contributed by atoms with Gasteiger partial charge >= 0.3 is 0 Å². The number of rotatable bonds is 3. The third-order valence-corrected chi connectivity index (χ3v) is 2.82. The molecular formula is C13H15F2N3. The zero-order chi connectivity index (χ0) is 13.3. The zero-order valence-corrected chi connectivity index (χ0v) is 10.5. The van der Waals surface area contributed by atoms with Gasteiger partial charge in [0.15, 0.2) is 0 Å². The highest BCUT2D eigenvalue weighted by atomic mass is 19.1. The lowest BCUT2D eigenvalue weighted by atomic mass is 10.1. The maximum atomic E-state index is 13.8. The van der Waals surface area contributed by atoms with E-state index in [-0.39, 0.29) is 6.04 Å². The van der Waals surface area contributed by atoms with Gasteiger partial charge in [0.1, 0.15) is 17.5 Å². The maximum absolute atomic E-state index is 13.8. The van der Waals surface area contributed by atoms with E-state index in [0.717, 1.165) is 0 Å². The van der Waals surface area contributed by atoms with Crippen molar-refractivity contribution < 1.29 is 8.78 Å². The maximum Gasteiger partial charge on any atom is 0.148 e. The zero-order valence-electron chi connectivity index (χ0n) is 10.5. The molecule has 0 aliphatic carbocycles. The van der Waals surface area contributed by atoms with Crippen molar-refractivity contribution in [1.82, 2.24) is 9.78 Å². The van der Waals surface area contributed by atoms with Crippen LogP contribution in [0.2, 0.25) is 0 Å². The van der Waals surface area contributed by atoms with E-state index in [1.54, 1.807) is 37.8 Å². The highest BCUT2D eigenvalue weighted by molar-refractivity contribution is 5.38. The number of aryl methyl sites for hydroxylation is 2. The van der Waals surface area contributed by atoms with Gasteiger partial charge in [0.2, 0.25) is 0 Å². The van der Waals surface area contributed by atoms with E-state index in [2.05, 4.69) is 10.4 Å².